The van der Waals surface area contributed by atoms with Gasteiger partial charge in [-0.05, 0) is 49.9 Å². The molecule has 15 heteroatoms. The van der Waals surface area contributed by atoms with E-state index in [4.69, 9.17) is 28.3 Å². The van der Waals surface area contributed by atoms with Crippen molar-refractivity contribution in [2.45, 2.75) is 79.3 Å². The number of allylic oxidation sites excluding steroid dienone is 2. The summed E-state index contributed by atoms with van der Waals surface area (Å²) in [4.78, 5) is 58.3. The molecule has 0 aliphatic heterocycles. The van der Waals surface area contributed by atoms with E-state index in [1.165, 1.54) is 18.3 Å². The molecule has 4 aromatic rings. The first-order chi connectivity index (χ1) is 20.1. The van der Waals surface area contributed by atoms with Gasteiger partial charge in [-0.3, -0.25) is 27.9 Å². The predicted octanol–water partition coefficient (Wildman–Crippen LogP) is 2.62. The van der Waals surface area contributed by atoms with Crippen LogP contribution in [0.4, 0.5) is 0 Å². The van der Waals surface area contributed by atoms with Crippen LogP contribution in [0.25, 0.3) is 22.3 Å². The van der Waals surface area contributed by atoms with Gasteiger partial charge in [0.2, 0.25) is 10.6 Å². The van der Waals surface area contributed by atoms with Crippen molar-refractivity contribution in [3.63, 3.8) is 0 Å². The lowest BCUT2D eigenvalue weighted by Crippen LogP contribution is -2.40. The molecule has 0 fully saturated rings. The average Bonchev–Trinajstić information content (AvgIpc) is 3.46. The van der Waals surface area contributed by atoms with Gasteiger partial charge >= 0.3 is 11.4 Å². The molecule has 0 aliphatic rings. The number of rotatable bonds is 12. The van der Waals surface area contributed by atoms with Gasteiger partial charge in [-0.1, -0.05) is 25.5 Å². The van der Waals surface area contributed by atoms with Crippen LogP contribution in [0, 0.1) is 0 Å². The molecule has 0 atom stereocenters. The molecule has 1 N–H and O–H groups in total. The van der Waals surface area contributed by atoms with Crippen LogP contribution in [-0.2, 0) is 39.3 Å². The van der Waals surface area contributed by atoms with Gasteiger partial charge in [-0.2, -0.15) is 9.97 Å². The Bertz CT molecular complexity index is 1710. The van der Waals surface area contributed by atoms with E-state index in [-0.39, 0.29) is 46.1 Å². The van der Waals surface area contributed by atoms with E-state index >= 15 is 0 Å². The molecular formula is C27H36Cl2N8O5. The molecule has 4 heterocycles. The second-order valence-corrected chi connectivity index (χ2v) is 9.98. The maximum atomic E-state index is 12.6. The molecule has 0 radical (unpaired) electrons. The summed E-state index contributed by atoms with van der Waals surface area (Å²) in [5.41, 5.74) is -0.307. The van der Waals surface area contributed by atoms with Gasteiger partial charge in [0.1, 0.15) is 0 Å². The van der Waals surface area contributed by atoms with Crippen LogP contribution in [0.5, 0.6) is 0 Å². The van der Waals surface area contributed by atoms with Crippen molar-refractivity contribution in [2.75, 3.05) is 6.61 Å². The van der Waals surface area contributed by atoms with Gasteiger partial charge in [0, 0.05) is 45.9 Å². The SMILES string of the molecule is C=CCn1c(Cl)nc2c1c(=O)n(CCCC)c(=O)n2CC.C=CCn1c(Cl)nc2c1c(=O)n(CCCO)c(=O)n2CC. The first kappa shape index (κ1) is 32.8. The van der Waals surface area contributed by atoms with Crippen LogP contribution >= 0.6 is 23.2 Å². The first-order valence-electron chi connectivity index (χ1n) is 13.7. The van der Waals surface area contributed by atoms with Crippen LogP contribution in [0.1, 0.15) is 40.0 Å². The van der Waals surface area contributed by atoms with Crippen molar-refractivity contribution in [3.05, 3.63) is 77.6 Å². The lowest BCUT2D eigenvalue weighted by atomic mass is 10.3. The quantitative estimate of drug-likeness (QED) is 0.189. The number of unbranched alkanes of at least 4 members (excludes halogenated alkanes) is 1. The van der Waals surface area contributed by atoms with E-state index in [9.17, 15) is 19.2 Å². The number of imidazole rings is 2. The zero-order chi connectivity index (χ0) is 31.1. The maximum Gasteiger partial charge on any atom is 0.332 e. The second kappa shape index (κ2) is 14.5. The first-order valence-corrected chi connectivity index (χ1v) is 14.5. The number of fused-ring (bicyclic) bond motifs is 2. The van der Waals surface area contributed by atoms with E-state index in [0.717, 1.165) is 17.4 Å². The molecule has 0 aromatic carbocycles. The largest absolute Gasteiger partial charge is 0.396 e. The molecule has 0 saturated carbocycles. The van der Waals surface area contributed by atoms with Gasteiger partial charge in [0.15, 0.2) is 22.3 Å². The summed E-state index contributed by atoms with van der Waals surface area (Å²) >= 11 is 12.2. The third-order valence-electron chi connectivity index (χ3n) is 6.67. The smallest absolute Gasteiger partial charge is 0.332 e. The highest BCUT2D eigenvalue weighted by Gasteiger charge is 2.20. The van der Waals surface area contributed by atoms with Crippen LogP contribution in [0.2, 0.25) is 10.6 Å². The highest BCUT2D eigenvalue weighted by Crippen LogP contribution is 2.17. The van der Waals surface area contributed by atoms with Gasteiger partial charge in [-0.25, -0.2) is 9.59 Å². The molecule has 4 rings (SSSR count). The Morgan fingerprint density at radius 1 is 0.690 bits per heavy atom. The molecule has 0 amide bonds. The predicted molar refractivity (Wildman–Crippen MR) is 165 cm³/mol. The van der Waals surface area contributed by atoms with Crippen molar-refractivity contribution in [1.29, 1.82) is 0 Å². The number of hydrogen-bond acceptors (Lipinski definition) is 7. The minimum Gasteiger partial charge on any atom is -0.396 e. The summed E-state index contributed by atoms with van der Waals surface area (Å²) in [6, 6.07) is 0. The van der Waals surface area contributed by atoms with E-state index in [1.54, 1.807) is 23.6 Å². The van der Waals surface area contributed by atoms with Crippen LogP contribution in [0.15, 0.2) is 44.5 Å². The third-order valence-corrected chi connectivity index (χ3v) is 7.24. The van der Waals surface area contributed by atoms with Crippen LogP contribution in [0.3, 0.4) is 0 Å². The van der Waals surface area contributed by atoms with Gasteiger partial charge < -0.3 is 14.2 Å². The van der Waals surface area contributed by atoms with Crippen molar-refractivity contribution >= 4 is 45.5 Å². The highest BCUT2D eigenvalue weighted by molar-refractivity contribution is 6.29. The Balaban J connectivity index is 0.000000230. The summed E-state index contributed by atoms with van der Waals surface area (Å²) in [7, 11) is 0. The van der Waals surface area contributed by atoms with Gasteiger partial charge in [0.25, 0.3) is 11.1 Å². The molecule has 0 bridgehead atoms. The molecule has 0 aliphatic carbocycles. The average molecular weight is 624 g/mol. The van der Waals surface area contributed by atoms with E-state index in [0.29, 0.717) is 50.3 Å². The zero-order valence-electron chi connectivity index (χ0n) is 24.1. The van der Waals surface area contributed by atoms with Crippen molar-refractivity contribution in [2.24, 2.45) is 0 Å². The highest BCUT2D eigenvalue weighted by atomic mass is 35.5. The fourth-order valence-electron chi connectivity index (χ4n) is 4.63. The Hall–Kier alpha value is -3.68. The number of aliphatic hydroxyl groups is 1. The van der Waals surface area contributed by atoms with Crippen LogP contribution < -0.4 is 22.5 Å². The molecule has 0 saturated heterocycles. The van der Waals surface area contributed by atoms with Crippen molar-refractivity contribution < 1.29 is 5.11 Å². The molecule has 0 unspecified atom stereocenters. The van der Waals surface area contributed by atoms with Crippen LogP contribution in [-0.4, -0.2) is 49.1 Å². The fourth-order valence-corrected chi connectivity index (χ4v) is 5.10. The van der Waals surface area contributed by atoms with E-state index < -0.39 is 11.2 Å². The number of aryl methyl sites for hydroxylation is 2. The van der Waals surface area contributed by atoms with E-state index in [2.05, 4.69) is 23.1 Å². The standard InChI is InChI=1S/C14H19ClN4O2.C13H17ClN4O3/c1-4-7-9-19-12(20)10-11(17(6-3)14(19)21)16-13(15)18(10)8-5-2;1-3-6-17-9-10(15-12(17)14)16(4-2)13(21)18(11(9)20)7-5-8-19/h5H,2,4,6-9H2,1,3H3;3,19H,1,4-8H2,2H3. The Morgan fingerprint density at radius 2 is 1.10 bits per heavy atom. The lowest BCUT2D eigenvalue weighted by molar-refractivity contribution is 0.277. The molecule has 13 nitrogen and oxygen atoms in total. The monoisotopic (exact) mass is 622 g/mol. The lowest BCUT2D eigenvalue weighted by Gasteiger charge is -2.10. The van der Waals surface area contributed by atoms with E-state index in [1.807, 2.05) is 13.8 Å². The summed E-state index contributed by atoms with van der Waals surface area (Å²) < 4.78 is 8.37. The number of nitrogens with zero attached hydrogens (tertiary/aromatic N) is 8. The Labute approximate surface area is 251 Å². The van der Waals surface area contributed by atoms with Gasteiger partial charge in [-0.15, -0.1) is 13.2 Å². The minimum absolute atomic E-state index is 0.0945. The second-order valence-electron chi connectivity index (χ2n) is 9.30. The molecule has 228 valence electrons. The normalized spacial score (nSPS) is 11.2. The number of aromatic nitrogens is 8. The molecular weight excluding hydrogens is 587 g/mol. The minimum atomic E-state index is -0.450. The van der Waals surface area contributed by atoms with Gasteiger partial charge in [0.05, 0.1) is 0 Å². The topological polar surface area (TPSA) is 144 Å². The number of halogens is 2. The summed E-state index contributed by atoms with van der Waals surface area (Å²) in [6.45, 7) is 14.9. The maximum absolute atomic E-state index is 12.6. The summed E-state index contributed by atoms with van der Waals surface area (Å²) in [5, 5.41) is 9.25. The Morgan fingerprint density at radius 3 is 1.43 bits per heavy atom. The molecule has 42 heavy (non-hydrogen) atoms. The Kier molecular flexibility index (Phi) is 11.3. The number of aliphatic hydroxyl groups excluding tert-OH is 1. The fraction of sp³-hybridized carbons (Fsp3) is 0.481. The number of hydrogen-bond donors (Lipinski definition) is 1. The van der Waals surface area contributed by atoms with Crippen molar-refractivity contribution in [3.8, 4) is 0 Å². The molecule has 4 aromatic heterocycles. The molecule has 0 spiro atoms. The zero-order valence-corrected chi connectivity index (χ0v) is 25.6. The van der Waals surface area contributed by atoms with Crippen molar-refractivity contribution in [1.82, 2.24) is 37.4 Å². The summed E-state index contributed by atoms with van der Waals surface area (Å²) in [6.07, 6.45) is 5.25. The summed E-state index contributed by atoms with van der Waals surface area (Å²) in [5.74, 6) is 0. The third kappa shape index (κ3) is 6.08.